The number of anilines is 1. The van der Waals surface area contributed by atoms with E-state index in [2.05, 4.69) is 15.9 Å². The second-order valence-electron chi connectivity index (χ2n) is 2.41. The van der Waals surface area contributed by atoms with Crippen molar-refractivity contribution in [2.24, 2.45) is 0 Å². The van der Waals surface area contributed by atoms with Gasteiger partial charge in [-0.05, 0) is 28.1 Å². The van der Waals surface area contributed by atoms with Crippen molar-refractivity contribution in [1.82, 2.24) is 0 Å². The maximum atomic E-state index is 11.2. The van der Waals surface area contributed by atoms with Gasteiger partial charge in [0.25, 0.3) is 0 Å². The van der Waals surface area contributed by atoms with E-state index in [1.165, 1.54) is 6.07 Å². The zero-order chi connectivity index (χ0) is 10.0. The molecule has 5 heteroatoms. The van der Waals surface area contributed by atoms with Gasteiger partial charge in [-0.1, -0.05) is 11.6 Å². The summed E-state index contributed by atoms with van der Waals surface area (Å²) in [5, 5.41) is 0.476. The fourth-order valence-electron chi connectivity index (χ4n) is 0.876. The smallest absolute Gasteiger partial charge is 0.179 e. The molecule has 0 unspecified atom stereocenters. The Labute approximate surface area is 94.1 Å². The predicted octanol–water partition coefficient (Wildman–Crippen LogP) is 3.11. The van der Waals surface area contributed by atoms with Gasteiger partial charge in [0.1, 0.15) is 0 Å². The van der Waals surface area contributed by atoms with Crippen LogP contribution in [0.5, 0.6) is 0 Å². The lowest BCUT2D eigenvalue weighted by molar-refractivity contribution is 0.102. The number of hydrogen-bond donors (Lipinski definition) is 1. The standard InChI is InChI=1S/C8H6BrCl2NO/c9-5-1-4(8(13)3-10)7(12)2-6(5)11/h1-2H,3,12H2. The summed E-state index contributed by atoms with van der Waals surface area (Å²) >= 11 is 14.4. The minimum absolute atomic E-state index is 0.0850. The maximum absolute atomic E-state index is 11.2. The molecule has 0 saturated carbocycles. The summed E-state index contributed by atoms with van der Waals surface area (Å²) in [5.74, 6) is -0.297. The van der Waals surface area contributed by atoms with E-state index < -0.39 is 0 Å². The normalized spacial score (nSPS) is 10.1. The van der Waals surface area contributed by atoms with Crippen LogP contribution in [0.2, 0.25) is 5.02 Å². The third kappa shape index (κ3) is 2.36. The fraction of sp³-hybridized carbons (Fsp3) is 0.125. The first-order valence-electron chi connectivity index (χ1n) is 3.40. The average molecular weight is 283 g/mol. The van der Waals surface area contributed by atoms with E-state index in [4.69, 9.17) is 28.9 Å². The van der Waals surface area contributed by atoms with Crippen LogP contribution in [0.1, 0.15) is 10.4 Å². The summed E-state index contributed by atoms with van der Waals surface area (Å²) in [7, 11) is 0. The molecule has 0 bridgehead atoms. The second-order valence-corrected chi connectivity index (χ2v) is 3.94. The first kappa shape index (κ1) is 10.8. The van der Waals surface area contributed by atoms with Gasteiger partial charge in [-0.2, -0.15) is 0 Å². The van der Waals surface area contributed by atoms with Crippen LogP contribution in [0, 0.1) is 0 Å². The Morgan fingerprint density at radius 3 is 2.69 bits per heavy atom. The lowest BCUT2D eigenvalue weighted by Crippen LogP contribution is -2.04. The molecule has 0 heterocycles. The van der Waals surface area contributed by atoms with E-state index in [0.29, 0.717) is 20.7 Å². The molecule has 0 aliphatic carbocycles. The zero-order valence-corrected chi connectivity index (χ0v) is 9.58. The monoisotopic (exact) mass is 281 g/mol. The lowest BCUT2D eigenvalue weighted by atomic mass is 10.1. The zero-order valence-electron chi connectivity index (χ0n) is 6.48. The largest absolute Gasteiger partial charge is 0.398 e. The lowest BCUT2D eigenvalue weighted by Gasteiger charge is -2.04. The molecule has 0 fully saturated rings. The highest BCUT2D eigenvalue weighted by Gasteiger charge is 2.10. The number of rotatable bonds is 2. The van der Waals surface area contributed by atoms with Crippen LogP contribution in [0.3, 0.4) is 0 Å². The van der Waals surface area contributed by atoms with Crippen molar-refractivity contribution in [2.75, 3.05) is 11.6 Å². The van der Waals surface area contributed by atoms with Crippen LogP contribution in [-0.4, -0.2) is 11.7 Å². The highest BCUT2D eigenvalue weighted by Crippen LogP contribution is 2.28. The van der Waals surface area contributed by atoms with Gasteiger partial charge in [0.15, 0.2) is 5.78 Å². The van der Waals surface area contributed by atoms with Gasteiger partial charge in [0.05, 0.1) is 10.9 Å². The molecule has 0 spiro atoms. The van der Waals surface area contributed by atoms with Crippen LogP contribution in [0.25, 0.3) is 0 Å². The molecular formula is C8H6BrCl2NO. The van der Waals surface area contributed by atoms with Crippen LogP contribution in [0.4, 0.5) is 5.69 Å². The summed E-state index contributed by atoms with van der Waals surface area (Å²) < 4.78 is 0.636. The van der Waals surface area contributed by atoms with Gasteiger partial charge in [-0.15, -0.1) is 11.6 Å². The minimum atomic E-state index is -0.212. The van der Waals surface area contributed by atoms with Gasteiger partial charge < -0.3 is 5.73 Å². The van der Waals surface area contributed by atoms with Gasteiger partial charge in [-0.25, -0.2) is 0 Å². The van der Waals surface area contributed by atoms with E-state index in [-0.39, 0.29) is 11.7 Å². The number of carbonyl (C=O) groups is 1. The molecule has 0 aliphatic heterocycles. The van der Waals surface area contributed by atoms with Crippen molar-refractivity contribution in [2.45, 2.75) is 0 Å². The number of nitrogens with two attached hydrogens (primary N) is 1. The Hall–Kier alpha value is -0.250. The molecule has 0 aromatic heterocycles. The first-order chi connectivity index (χ1) is 6.06. The topological polar surface area (TPSA) is 43.1 Å². The quantitative estimate of drug-likeness (QED) is 0.515. The second kappa shape index (κ2) is 4.31. The molecular weight excluding hydrogens is 277 g/mol. The van der Waals surface area contributed by atoms with Gasteiger partial charge >= 0.3 is 0 Å². The number of hydrogen-bond acceptors (Lipinski definition) is 2. The van der Waals surface area contributed by atoms with E-state index >= 15 is 0 Å². The number of alkyl halides is 1. The minimum Gasteiger partial charge on any atom is -0.398 e. The number of benzene rings is 1. The number of Topliss-reactive ketones (excluding diaryl/α,β-unsaturated/α-hetero) is 1. The highest BCUT2D eigenvalue weighted by molar-refractivity contribution is 9.10. The van der Waals surface area contributed by atoms with Crippen LogP contribution >= 0.6 is 39.1 Å². The molecule has 13 heavy (non-hydrogen) atoms. The summed E-state index contributed by atoms with van der Waals surface area (Å²) in [4.78, 5) is 11.2. The number of carbonyl (C=O) groups excluding carboxylic acids is 1. The Morgan fingerprint density at radius 2 is 2.15 bits per heavy atom. The molecule has 0 amide bonds. The number of nitrogen functional groups attached to an aromatic ring is 1. The average Bonchev–Trinajstić information content (AvgIpc) is 2.10. The van der Waals surface area contributed by atoms with Crippen molar-refractivity contribution in [3.8, 4) is 0 Å². The van der Waals surface area contributed by atoms with Gasteiger partial charge in [-0.3, -0.25) is 4.79 Å². The molecule has 0 atom stereocenters. The molecule has 1 aromatic rings. The predicted molar refractivity (Wildman–Crippen MR) is 58.6 cm³/mol. The summed E-state index contributed by atoms with van der Waals surface area (Å²) in [6.07, 6.45) is 0. The van der Waals surface area contributed by atoms with Crippen LogP contribution in [-0.2, 0) is 0 Å². The van der Waals surface area contributed by atoms with Crippen molar-refractivity contribution in [1.29, 1.82) is 0 Å². The van der Waals surface area contributed by atoms with Crippen molar-refractivity contribution < 1.29 is 4.79 Å². The van der Waals surface area contributed by atoms with Crippen molar-refractivity contribution in [3.05, 3.63) is 27.2 Å². The summed E-state index contributed by atoms with van der Waals surface area (Å²) in [6.45, 7) is 0. The molecule has 70 valence electrons. The Kier molecular flexibility index (Phi) is 3.59. The maximum Gasteiger partial charge on any atom is 0.179 e. The molecule has 2 N–H and O–H groups in total. The highest BCUT2D eigenvalue weighted by atomic mass is 79.9. The third-order valence-corrected chi connectivity index (χ3v) is 2.95. The first-order valence-corrected chi connectivity index (χ1v) is 5.10. The summed E-state index contributed by atoms with van der Waals surface area (Å²) in [6, 6.07) is 3.09. The summed E-state index contributed by atoms with van der Waals surface area (Å²) in [5.41, 5.74) is 6.32. The fourth-order valence-corrected chi connectivity index (χ4v) is 1.54. The molecule has 0 saturated heterocycles. The van der Waals surface area contributed by atoms with E-state index in [1.807, 2.05) is 0 Å². The van der Waals surface area contributed by atoms with Crippen molar-refractivity contribution in [3.63, 3.8) is 0 Å². The van der Waals surface area contributed by atoms with Gasteiger partial charge in [0.2, 0.25) is 0 Å². The molecule has 1 aromatic carbocycles. The van der Waals surface area contributed by atoms with E-state index in [0.717, 1.165) is 0 Å². The van der Waals surface area contributed by atoms with Crippen LogP contribution in [0.15, 0.2) is 16.6 Å². The SMILES string of the molecule is Nc1cc(Cl)c(Br)cc1C(=O)CCl. The Morgan fingerprint density at radius 1 is 1.54 bits per heavy atom. The van der Waals surface area contributed by atoms with Crippen molar-refractivity contribution >= 4 is 50.6 Å². The van der Waals surface area contributed by atoms with E-state index in [1.54, 1.807) is 6.07 Å². The van der Waals surface area contributed by atoms with Gasteiger partial charge in [0, 0.05) is 15.7 Å². The third-order valence-electron chi connectivity index (χ3n) is 1.51. The molecule has 2 nitrogen and oxygen atoms in total. The molecule has 1 rings (SSSR count). The Bertz CT molecular complexity index is 354. The van der Waals surface area contributed by atoms with Crippen LogP contribution < -0.4 is 5.73 Å². The molecule has 0 radical (unpaired) electrons. The number of ketones is 1. The number of halogens is 3. The molecule has 0 aliphatic rings. The Balaban J connectivity index is 3.23. The van der Waals surface area contributed by atoms with E-state index in [9.17, 15) is 4.79 Å².